The van der Waals surface area contributed by atoms with Gasteiger partial charge >= 0.3 is 12.1 Å². The number of carbonyl (C=O) groups excluding carboxylic acids is 1. The molecule has 1 aromatic heterocycles. The number of rotatable bonds is 12. The number of nitrogens with one attached hydrogen (secondary N) is 2. The number of nitrogens with zero attached hydrogens (tertiary/aromatic N) is 2. The molecule has 0 aromatic carbocycles. The van der Waals surface area contributed by atoms with Crippen LogP contribution in [-0.2, 0) is 23.0 Å². The van der Waals surface area contributed by atoms with Crippen LogP contribution in [0.25, 0.3) is 0 Å². The van der Waals surface area contributed by atoms with Crippen LogP contribution >= 0.6 is 0 Å². The highest BCUT2D eigenvalue weighted by Gasteiger charge is 2.20. The number of carbonyl (C=O) groups is 2. The molecule has 0 aliphatic heterocycles. The molecule has 1 rings (SSSR count). The third-order valence-corrected chi connectivity index (χ3v) is 4.48. The van der Waals surface area contributed by atoms with E-state index in [9.17, 15) is 14.7 Å². The molecule has 0 unspecified atom stereocenters. The van der Waals surface area contributed by atoms with Gasteiger partial charge in [0.1, 0.15) is 5.60 Å². The van der Waals surface area contributed by atoms with Crippen molar-refractivity contribution >= 4 is 12.1 Å². The maximum Gasteiger partial charge on any atom is 0.407 e. The van der Waals surface area contributed by atoms with Crippen molar-refractivity contribution in [2.45, 2.75) is 70.9 Å². The highest BCUT2D eigenvalue weighted by Crippen LogP contribution is 2.18. The summed E-state index contributed by atoms with van der Waals surface area (Å²) >= 11 is 0. The maximum atomic E-state index is 11.6. The predicted octanol–water partition coefficient (Wildman–Crippen LogP) is 2.73. The quantitative estimate of drug-likeness (QED) is 0.469. The zero-order chi connectivity index (χ0) is 21.2. The number of likely N-dealkylation sites (N-methyl/N-ethyl adjacent to an activating group) is 1. The molecule has 1 amide bonds. The van der Waals surface area contributed by atoms with E-state index in [1.54, 1.807) is 6.33 Å². The molecule has 3 N–H and O–H groups in total. The van der Waals surface area contributed by atoms with Gasteiger partial charge in [0, 0.05) is 32.3 Å². The number of carboxylic acid groups (broad SMARTS) is 1. The number of amides is 1. The number of aromatic nitrogens is 2. The second-order valence-electron chi connectivity index (χ2n) is 8.26. The first-order chi connectivity index (χ1) is 13.1. The average molecular weight is 397 g/mol. The molecule has 0 radical (unpaired) electrons. The number of ether oxygens (including phenoxy) is 1. The first kappa shape index (κ1) is 23.9. The molecule has 0 fully saturated rings. The minimum Gasteiger partial charge on any atom is -0.481 e. The molecule has 0 aliphatic rings. The second-order valence-corrected chi connectivity index (χ2v) is 8.26. The average Bonchev–Trinajstić information content (AvgIpc) is 2.99. The number of aliphatic carboxylic acids is 1. The fraction of sp³-hybridized carbons (Fsp3) is 0.750. The van der Waals surface area contributed by atoms with E-state index in [4.69, 9.17) is 4.74 Å². The molecule has 0 aliphatic carbocycles. The van der Waals surface area contributed by atoms with Crippen molar-refractivity contribution in [3.8, 4) is 0 Å². The summed E-state index contributed by atoms with van der Waals surface area (Å²) in [5, 5.41) is 15.5. The van der Waals surface area contributed by atoms with Crippen LogP contribution in [0.2, 0.25) is 0 Å². The first-order valence-corrected chi connectivity index (χ1v) is 9.94. The molecule has 160 valence electrons. The summed E-state index contributed by atoms with van der Waals surface area (Å²) in [6, 6.07) is 0.200. The monoisotopic (exact) mass is 396 g/mol. The van der Waals surface area contributed by atoms with E-state index < -0.39 is 17.7 Å². The van der Waals surface area contributed by atoms with E-state index in [1.165, 1.54) is 0 Å². The van der Waals surface area contributed by atoms with Crippen LogP contribution in [-0.4, -0.2) is 52.0 Å². The van der Waals surface area contributed by atoms with Crippen molar-refractivity contribution in [3.05, 3.63) is 18.2 Å². The van der Waals surface area contributed by atoms with E-state index in [-0.39, 0.29) is 12.0 Å². The van der Waals surface area contributed by atoms with Crippen molar-refractivity contribution in [2.75, 3.05) is 13.6 Å². The van der Waals surface area contributed by atoms with Crippen LogP contribution in [0, 0.1) is 5.92 Å². The van der Waals surface area contributed by atoms with E-state index in [0.717, 1.165) is 31.4 Å². The normalized spacial score (nSPS) is 13.8. The third kappa shape index (κ3) is 10.3. The Hall–Kier alpha value is -2.09. The van der Waals surface area contributed by atoms with Gasteiger partial charge in [-0.3, -0.25) is 4.79 Å². The number of hydrogen-bond donors (Lipinski definition) is 3. The minimum atomic E-state index is -0.757. The lowest BCUT2D eigenvalue weighted by Gasteiger charge is -2.20. The lowest BCUT2D eigenvalue weighted by molar-refractivity contribution is -0.142. The molecular formula is C20H36N4O4. The standard InChI is InChI=1S/C20H36N4O4/c1-20(2,3)28-19(27)22-11-7-6-8-15(18(25)26)9-10-16(21-4)12-17-13-24(5)14-23-17/h13-16,21H,6-12H2,1-5H3,(H,22,27)(H,25,26)/t15-,16-/m1/s1. The van der Waals surface area contributed by atoms with Gasteiger partial charge in [0.2, 0.25) is 0 Å². The van der Waals surface area contributed by atoms with E-state index >= 15 is 0 Å². The first-order valence-electron chi connectivity index (χ1n) is 9.94. The number of unbranched alkanes of at least 4 members (excludes halogenated alkanes) is 1. The Morgan fingerprint density at radius 3 is 2.50 bits per heavy atom. The topological polar surface area (TPSA) is 105 Å². The van der Waals surface area contributed by atoms with Gasteiger partial charge in [-0.2, -0.15) is 0 Å². The van der Waals surface area contributed by atoms with Crippen molar-refractivity contribution in [1.82, 2.24) is 20.2 Å². The van der Waals surface area contributed by atoms with E-state index in [2.05, 4.69) is 15.6 Å². The van der Waals surface area contributed by atoms with Crippen LogP contribution in [0.5, 0.6) is 0 Å². The lowest BCUT2D eigenvalue weighted by Crippen LogP contribution is -2.33. The van der Waals surface area contributed by atoms with Gasteiger partial charge in [-0.25, -0.2) is 9.78 Å². The van der Waals surface area contributed by atoms with Gasteiger partial charge in [0.25, 0.3) is 0 Å². The van der Waals surface area contributed by atoms with Crippen LogP contribution in [0.15, 0.2) is 12.5 Å². The van der Waals surface area contributed by atoms with Gasteiger partial charge in [-0.05, 0) is 53.5 Å². The molecule has 1 aromatic rings. The smallest absolute Gasteiger partial charge is 0.407 e. The van der Waals surface area contributed by atoms with Crippen LogP contribution in [0.3, 0.4) is 0 Å². The Kier molecular flexibility index (Phi) is 9.99. The molecule has 0 spiro atoms. The zero-order valence-electron chi connectivity index (χ0n) is 17.8. The molecule has 28 heavy (non-hydrogen) atoms. The largest absolute Gasteiger partial charge is 0.481 e. The Bertz CT molecular complexity index is 610. The second kappa shape index (κ2) is 11.7. The Labute approximate surface area is 168 Å². The van der Waals surface area contributed by atoms with Gasteiger partial charge in [-0.15, -0.1) is 0 Å². The minimum absolute atomic E-state index is 0.200. The van der Waals surface area contributed by atoms with Crippen LogP contribution in [0.4, 0.5) is 4.79 Å². The summed E-state index contributed by atoms with van der Waals surface area (Å²) in [7, 11) is 3.83. The number of hydrogen-bond acceptors (Lipinski definition) is 5. The van der Waals surface area contributed by atoms with Gasteiger partial charge in [-0.1, -0.05) is 6.42 Å². The zero-order valence-corrected chi connectivity index (χ0v) is 17.8. The molecule has 0 bridgehead atoms. The fourth-order valence-corrected chi connectivity index (χ4v) is 2.99. The molecule has 8 nitrogen and oxygen atoms in total. The summed E-state index contributed by atoms with van der Waals surface area (Å²) in [6.45, 7) is 5.93. The highest BCUT2D eigenvalue weighted by molar-refractivity contribution is 5.69. The van der Waals surface area contributed by atoms with Gasteiger partial charge in [0.05, 0.1) is 17.9 Å². The molecule has 0 saturated carbocycles. The lowest BCUT2D eigenvalue weighted by atomic mass is 9.93. The SMILES string of the molecule is CN[C@H](CC[C@@H](CCCCNC(=O)OC(C)(C)C)C(=O)O)Cc1cn(C)cn1. The number of imidazole rings is 1. The summed E-state index contributed by atoms with van der Waals surface area (Å²) in [5.74, 6) is -1.13. The van der Waals surface area contributed by atoms with E-state index in [1.807, 2.05) is 45.6 Å². The molecule has 1 heterocycles. The van der Waals surface area contributed by atoms with Crippen molar-refractivity contribution in [2.24, 2.45) is 13.0 Å². The van der Waals surface area contributed by atoms with Gasteiger partial charge in [0.15, 0.2) is 0 Å². The van der Waals surface area contributed by atoms with Gasteiger partial charge < -0.3 is 25.0 Å². The molecule has 2 atom stereocenters. The van der Waals surface area contributed by atoms with Crippen molar-refractivity contribution in [3.63, 3.8) is 0 Å². The predicted molar refractivity (Wildman–Crippen MR) is 108 cm³/mol. The fourth-order valence-electron chi connectivity index (χ4n) is 2.99. The Morgan fingerprint density at radius 2 is 1.96 bits per heavy atom. The molecular weight excluding hydrogens is 360 g/mol. The van der Waals surface area contributed by atoms with Crippen LogP contribution < -0.4 is 10.6 Å². The van der Waals surface area contributed by atoms with Crippen LogP contribution in [0.1, 0.15) is 58.6 Å². The summed E-state index contributed by atoms with van der Waals surface area (Å²) in [6.07, 6.45) is 7.57. The molecule has 8 heteroatoms. The number of alkyl carbamates (subject to hydrolysis) is 1. The molecule has 0 saturated heterocycles. The van der Waals surface area contributed by atoms with Crippen molar-refractivity contribution in [1.29, 1.82) is 0 Å². The number of carboxylic acids is 1. The Balaban J connectivity index is 2.30. The summed E-state index contributed by atoms with van der Waals surface area (Å²) in [5.41, 5.74) is 0.486. The van der Waals surface area contributed by atoms with E-state index in [0.29, 0.717) is 19.4 Å². The van der Waals surface area contributed by atoms with Crippen molar-refractivity contribution < 1.29 is 19.4 Å². The highest BCUT2D eigenvalue weighted by atomic mass is 16.6. The summed E-state index contributed by atoms with van der Waals surface area (Å²) in [4.78, 5) is 27.5. The third-order valence-electron chi connectivity index (χ3n) is 4.48. The number of aryl methyl sites for hydroxylation is 1. The Morgan fingerprint density at radius 1 is 1.25 bits per heavy atom. The maximum absolute atomic E-state index is 11.6. The summed E-state index contributed by atoms with van der Waals surface area (Å²) < 4.78 is 7.08.